The fourth-order valence-electron chi connectivity index (χ4n) is 4.90. The van der Waals surface area contributed by atoms with Crippen LogP contribution in [-0.2, 0) is 16.0 Å². The van der Waals surface area contributed by atoms with E-state index in [0.717, 1.165) is 11.8 Å². The smallest absolute Gasteiger partial charge is 0.258 e. The van der Waals surface area contributed by atoms with Gasteiger partial charge in [0.1, 0.15) is 6.10 Å². The van der Waals surface area contributed by atoms with Gasteiger partial charge in [-0.3, -0.25) is 9.59 Å². The summed E-state index contributed by atoms with van der Waals surface area (Å²) >= 11 is 0. The zero-order valence-corrected chi connectivity index (χ0v) is 18.2. The number of carbonyl (C=O) groups is 1. The monoisotopic (exact) mass is 411 g/mol. The summed E-state index contributed by atoms with van der Waals surface area (Å²) in [5.74, 6) is 0.208. The van der Waals surface area contributed by atoms with E-state index < -0.39 is 5.79 Å². The third-order valence-corrected chi connectivity index (χ3v) is 6.54. The van der Waals surface area contributed by atoms with E-state index in [0.29, 0.717) is 36.4 Å². The molecule has 5 heteroatoms. The molecule has 1 aromatic carbocycles. The zero-order valence-electron chi connectivity index (χ0n) is 18.2. The summed E-state index contributed by atoms with van der Waals surface area (Å²) in [6, 6.07) is 7.39. The molecule has 2 heterocycles. The van der Waals surface area contributed by atoms with Crippen LogP contribution in [-0.4, -0.2) is 28.8 Å². The fraction of sp³-hybridized carbons (Fsp3) is 0.600. The molecule has 1 aliphatic carbocycles. The number of hydrogen-bond donors (Lipinski definition) is 0. The lowest BCUT2D eigenvalue weighted by atomic mass is 9.91. The fourth-order valence-corrected chi connectivity index (χ4v) is 4.90. The van der Waals surface area contributed by atoms with Crippen LogP contribution >= 0.6 is 0 Å². The van der Waals surface area contributed by atoms with E-state index in [9.17, 15) is 9.59 Å². The quantitative estimate of drug-likeness (QED) is 0.491. The van der Waals surface area contributed by atoms with E-state index in [2.05, 4.69) is 0 Å². The van der Waals surface area contributed by atoms with Crippen molar-refractivity contribution in [3.8, 4) is 0 Å². The molecule has 1 atom stereocenters. The van der Waals surface area contributed by atoms with Crippen molar-refractivity contribution < 1.29 is 14.3 Å². The second kappa shape index (κ2) is 9.03. The van der Waals surface area contributed by atoms with Gasteiger partial charge in [0.2, 0.25) is 0 Å². The number of nitrogens with zero attached hydrogens (tertiary/aromatic N) is 1. The average molecular weight is 412 g/mol. The van der Waals surface area contributed by atoms with Crippen molar-refractivity contribution >= 4 is 16.6 Å². The highest BCUT2D eigenvalue weighted by atomic mass is 16.7. The maximum Gasteiger partial charge on any atom is 0.258 e. The van der Waals surface area contributed by atoms with Crippen LogP contribution in [0.3, 0.4) is 0 Å². The number of benzene rings is 1. The third kappa shape index (κ3) is 4.84. The van der Waals surface area contributed by atoms with Crippen molar-refractivity contribution in [1.82, 2.24) is 4.57 Å². The van der Waals surface area contributed by atoms with Gasteiger partial charge in [0.05, 0.1) is 13.2 Å². The molecule has 5 nitrogen and oxygen atoms in total. The first-order valence-corrected chi connectivity index (χ1v) is 11.4. The van der Waals surface area contributed by atoms with Crippen LogP contribution in [0.5, 0.6) is 0 Å². The number of aromatic nitrogens is 1. The third-order valence-electron chi connectivity index (χ3n) is 6.54. The largest absolute Gasteiger partial charge is 0.348 e. The Labute approximate surface area is 178 Å². The predicted molar refractivity (Wildman–Crippen MR) is 118 cm³/mol. The zero-order chi connectivity index (χ0) is 21.1. The summed E-state index contributed by atoms with van der Waals surface area (Å²) in [5.41, 5.74) is 0.589. The minimum Gasteiger partial charge on any atom is -0.348 e. The summed E-state index contributed by atoms with van der Waals surface area (Å²) in [4.78, 5) is 26.0. The molecule has 1 saturated heterocycles. The number of Topliss-reactive ketones (excluding diaryl/α,β-unsaturated/α-hetero) is 1. The number of fused-ring (bicyclic) bond motifs is 1. The lowest BCUT2D eigenvalue weighted by molar-refractivity contribution is -0.139. The molecule has 0 N–H and O–H groups in total. The van der Waals surface area contributed by atoms with Crippen LogP contribution in [0.2, 0.25) is 0 Å². The summed E-state index contributed by atoms with van der Waals surface area (Å²) in [5, 5.41) is 1.35. The van der Waals surface area contributed by atoms with Crippen LogP contribution in [0, 0.1) is 5.92 Å². The standard InChI is InChI=1S/C25H33NO4/c1-25(2)29-17-19(30-25)16-26-15-14-20-21(10-7-11-22(20)24(26)28)23(27)13-12-18-8-5-3-4-6-9-18/h7,10-11,14-15,18-19H,3-6,8-9,12-13,16-17H2,1-2H3. The number of ether oxygens (including phenoxy) is 2. The molecule has 1 aliphatic heterocycles. The minimum absolute atomic E-state index is 0.0841. The Hall–Kier alpha value is -1.98. The lowest BCUT2D eigenvalue weighted by Gasteiger charge is -2.18. The Balaban J connectivity index is 1.50. The molecule has 0 bridgehead atoms. The molecule has 1 aromatic heterocycles. The molecular formula is C25H33NO4. The second-order valence-corrected chi connectivity index (χ2v) is 9.31. The number of ketones is 1. The number of carbonyl (C=O) groups excluding carboxylic acids is 1. The van der Waals surface area contributed by atoms with Gasteiger partial charge in [-0.2, -0.15) is 0 Å². The Morgan fingerprint density at radius 2 is 1.87 bits per heavy atom. The molecule has 30 heavy (non-hydrogen) atoms. The highest BCUT2D eigenvalue weighted by Crippen LogP contribution is 2.28. The van der Waals surface area contributed by atoms with Gasteiger partial charge in [-0.25, -0.2) is 0 Å². The van der Waals surface area contributed by atoms with Crippen LogP contribution in [0.15, 0.2) is 35.3 Å². The van der Waals surface area contributed by atoms with Gasteiger partial charge in [0, 0.05) is 23.6 Å². The predicted octanol–water partition coefficient (Wildman–Crippen LogP) is 5.09. The van der Waals surface area contributed by atoms with Crippen LogP contribution in [0.1, 0.15) is 75.6 Å². The van der Waals surface area contributed by atoms with Crippen molar-refractivity contribution in [2.75, 3.05) is 6.61 Å². The molecule has 4 rings (SSSR count). The van der Waals surface area contributed by atoms with Gasteiger partial charge >= 0.3 is 0 Å². The Morgan fingerprint density at radius 3 is 2.57 bits per heavy atom. The summed E-state index contributed by atoms with van der Waals surface area (Å²) in [6.45, 7) is 4.67. The summed E-state index contributed by atoms with van der Waals surface area (Å²) < 4.78 is 13.1. The van der Waals surface area contributed by atoms with E-state index >= 15 is 0 Å². The van der Waals surface area contributed by atoms with Crippen molar-refractivity contribution in [1.29, 1.82) is 0 Å². The lowest BCUT2D eigenvalue weighted by Crippen LogP contribution is -2.29. The Bertz CT molecular complexity index is 953. The highest BCUT2D eigenvalue weighted by Gasteiger charge is 2.33. The number of rotatable bonds is 6. The SMILES string of the molecule is CC1(C)OCC(Cn2ccc3c(C(=O)CCC4CCCCCC4)cccc3c2=O)O1. The van der Waals surface area contributed by atoms with Gasteiger partial charge in [-0.1, -0.05) is 50.7 Å². The summed E-state index contributed by atoms with van der Waals surface area (Å²) in [7, 11) is 0. The molecule has 2 aromatic rings. The van der Waals surface area contributed by atoms with E-state index in [4.69, 9.17) is 9.47 Å². The minimum atomic E-state index is -0.609. The van der Waals surface area contributed by atoms with E-state index in [1.807, 2.05) is 38.1 Å². The highest BCUT2D eigenvalue weighted by molar-refractivity contribution is 6.07. The number of pyridine rings is 1. The second-order valence-electron chi connectivity index (χ2n) is 9.31. The normalized spacial score (nSPS) is 22.3. The van der Waals surface area contributed by atoms with E-state index in [-0.39, 0.29) is 17.4 Å². The molecule has 1 unspecified atom stereocenters. The van der Waals surface area contributed by atoms with E-state index in [1.54, 1.807) is 10.8 Å². The molecule has 1 saturated carbocycles. The van der Waals surface area contributed by atoms with Crippen molar-refractivity contribution in [3.05, 3.63) is 46.4 Å². The molecule has 0 radical (unpaired) electrons. The van der Waals surface area contributed by atoms with Gasteiger partial charge < -0.3 is 14.0 Å². The Morgan fingerprint density at radius 1 is 1.10 bits per heavy atom. The maximum absolute atomic E-state index is 13.1. The van der Waals surface area contributed by atoms with Crippen LogP contribution < -0.4 is 5.56 Å². The first-order valence-electron chi connectivity index (χ1n) is 11.4. The van der Waals surface area contributed by atoms with Crippen molar-refractivity contribution in [3.63, 3.8) is 0 Å². The topological polar surface area (TPSA) is 57.5 Å². The molecular weight excluding hydrogens is 378 g/mol. The van der Waals surface area contributed by atoms with Crippen molar-refractivity contribution in [2.45, 2.75) is 83.6 Å². The van der Waals surface area contributed by atoms with Crippen LogP contribution in [0.25, 0.3) is 10.8 Å². The first-order chi connectivity index (χ1) is 14.4. The molecule has 0 amide bonds. The molecule has 0 spiro atoms. The van der Waals surface area contributed by atoms with Gasteiger partial charge in [0.15, 0.2) is 11.6 Å². The molecule has 2 fully saturated rings. The van der Waals surface area contributed by atoms with Gasteiger partial charge in [-0.05, 0) is 43.7 Å². The van der Waals surface area contributed by atoms with E-state index in [1.165, 1.54) is 38.5 Å². The van der Waals surface area contributed by atoms with Crippen LogP contribution in [0.4, 0.5) is 0 Å². The molecule has 2 aliphatic rings. The maximum atomic E-state index is 13.1. The van der Waals surface area contributed by atoms with Gasteiger partial charge in [0.25, 0.3) is 5.56 Å². The molecule has 162 valence electrons. The number of hydrogen-bond acceptors (Lipinski definition) is 4. The van der Waals surface area contributed by atoms with Crippen molar-refractivity contribution in [2.24, 2.45) is 5.92 Å². The summed E-state index contributed by atoms with van der Waals surface area (Å²) in [6.07, 6.45) is 10.9. The Kier molecular flexibility index (Phi) is 6.40. The first kappa shape index (κ1) is 21.3. The van der Waals surface area contributed by atoms with Gasteiger partial charge in [-0.15, -0.1) is 0 Å². The average Bonchev–Trinajstić information content (AvgIpc) is 2.92.